The van der Waals surface area contributed by atoms with Crippen molar-refractivity contribution in [1.82, 2.24) is 10.1 Å². The molecule has 3 aromatic rings. The maximum atomic E-state index is 12.2. The highest BCUT2D eigenvalue weighted by Gasteiger charge is 2.22. The molecule has 132 valence electrons. The number of esters is 1. The fourth-order valence-electron chi connectivity index (χ4n) is 2.73. The second-order valence-corrected chi connectivity index (χ2v) is 6.58. The third-order valence-corrected chi connectivity index (χ3v) is 4.75. The van der Waals surface area contributed by atoms with Crippen molar-refractivity contribution in [3.05, 3.63) is 52.5 Å². The highest BCUT2D eigenvalue weighted by atomic mass is 32.1. The van der Waals surface area contributed by atoms with E-state index in [-0.39, 0.29) is 18.4 Å². The average molecular weight is 369 g/mol. The molecular formula is C18H15N3O4S. The van der Waals surface area contributed by atoms with Crippen LogP contribution in [0.25, 0.3) is 11.4 Å². The summed E-state index contributed by atoms with van der Waals surface area (Å²) < 4.78 is 10.3. The van der Waals surface area contributed by atoms with Crippen LogP contribution in [0.1, 0.15) is 29.1 Å². The van der Waals surface area contributed by atoms with E-state index in [4.69, 9.17) is 9.26 Å². The van der Waals surface area contributed by atoms with Crippen molar-refractivity contribution in [3.63, 3.8) is 0 Å². The van der Waals surface area contributed by atoms with Crippen LogP contribution in [0.15, 0.2) is 45.6 Å². The predicted molar refractivity (Wildman–Crippen MR) is 94.8 cm³/mol. The van der Waals surface area contributed by atoms with Crippen molar-refractivity contribution in [2.45, 2.75) is 19.4 Å². The molecule has 0 aliphatic carbocycles. The largest absolute Gasteiger partial charge is 0.452 e. The Labute approximate surface area is 153 Å². The van der Waals surface area contributed by atoms with E-state index in [0.29, 0.717) is 24.4 Å². The van der Waals surface area contributed by atoms with Gasteiger partial charge in [0.25, 0.3) is 5.89 Å². The minimum Gasteiger partial charge on any atom is -0.452 e. The third-order valence-electron chi connectivity index (χ3n) is 4.06. The van der Waals surface area contributed by atoms with Crippen LogP contribution in [-0.4, -0.2) is 28.6 Å². The third kappa shape index (κ3) is 3.36. The molecule has 0 radical (unpaired) electrons. The lowest BCUT2D eigenvalue weighted by Gasteiger charge is -2.15. The Morgan fingerprint density at radius 2 is 2.12 bits per heavy atom. The number of amides is 1. The number of hydrogen-bond donors (Lipinski definition) is 0. The van der Waals surface area contributed by atoms with Gasteiger partial charge < -0.3 is 14.2 Å². The van der Waals surface area contributed by atoms with Crippen LogP contribution in [-0.2, 0) is 16.1 Å². The smallest absolute Gasteiger partial charge is 0.338 e. The molecule has 0 spiro atoms. The number of aromatic nitrogens is 2. The molecule has 0 saturated carbocycles. The Bertz CT molecular complexity index is 918. The standard InChI is InChI=1S/C18H15N3O4S/c22-16-2-1-8-21(16)14-5-3-12(4-6-14)18(23)24-10-15-19-17(20-25-15)13-7-9-26-11-13/h3-7,9,11H,1-2,8,10H2. The number of ether oxygens (including phenoxy) is 1. The SMILES string of the molecule is O=C(OCc1nc(-c2ccsc2)no1)c1ccc(N2CCCC2=O)cc1. The van der Waals surface area contributed by atoms with Gasteiger partial charge in [-0.1, -0.05) is 5.16 Å². The fourth-order valence-corrected chi connectivity index (χ4v) is 3.37. The monoisotopic (exact) mass is 369 g/mol. The summed E-state index contributed by atoms with van der Waals surface area (Å²) in [6.07, 6.45) is 1.43. The van der Waals surface area contributed by atoms with Crippen molar-refractivity contribution in [2.24, 2.45) is 0 Å². The molecule has 8 heteroatoms. The van der Waals surface area contributed by atoms with Crippen molar-refractivity contribution in [3.8, 4) is 11.4 Å². The first-order valence-corrected chi connectivity index (χ1v) is 9.08. The Morgan fingerprint density at radius 3 is 2.81 bits per heavy atom. The Balaban J connectivity index is 1.37. The number of hydrogen-bond acceptors (Lipinski definition) is 7. The molecule has 1 aliphatic heterocycles. The molecule has 0 N–H and O–H groups in total. The van der Waals surface area contributed by atoms with E-state index in [1.807, 2.05) is 16.8 Å². The number of carbonyl (C=O) groups excluding carboxylic acids is 2. The molecule has 4 rings (SSSR count). The Hall–Kier alpha value is -3.00. The van der Waals surface area contributed by atoms with Crippen LogP contribution in [0.4, 0.5) is 5.69 Å². The highest BCUT2D eigenvalue weighted by Crippen LogP contribution is 2.22. The van der Waals surface area contributed by atoms with E-state index in [1.165, 1.54) is 11.3 Å². The first kappa shape index (κ1) is 16.5. The topological polar surface area (TPSA) is 85.5 Å². The maximum absolute atomic E-state index is 12.2. The van der Waals surface area contributed by atoms with Gasteiger partial charge in [-0.3, -0.25) is 4.79 Å². The van der Waals surface area contributed by atoms with Crippen molar-refractivity contribution in [1.29, 1.82) is 0 Å². The van der Waals surface area contributed by atoms with E-state index < -0.39 is 5.97 Å². The molecule has 7 nitrogen and oxygen atoms in total. The molecule has 0 atom stereocenters. The number of thiophene rings is 1. The van der Waals surface area contributed by atoms with Gasteiger partial charge in [0.15, 0.2) is 6.61 Å². The molecule has 3 heterocycles. The van der Waals surface area contributed by atoms with Crippen molar-refractivity contribution in [2.75, 3.05) is 11.4 Å². The molecule has 1 saturated heterocycles. The number of rotatable bonds is 5. The van der Waals surface area contributed by atoms with E-state index in [1.54, 1.807) is 29.2 Å². The van der Waals surface area contributed by atoms with Crippen LogP contribution < -0.4 is 4.90 Å². The van der Waals surface area contributed by atoms with Crippen molar-refractivity contribution >= 4 is 28.9 Å². The van der Waals surface area contributed by atoms with Gasteiger partial charge in [0, 0.05) is 29.6 Å². The summed E-state index contributed by atoms with van der Waals surface area (Å²) in [6, 6.07) is 8.68. The molecule has 1 aliphatic rings. The van der Waals surface area contributed by atoms with Gasteiger partial charge in [0.05, 0.1) is 5.56 Å². The normalized spacial score (nSPS) is 14.0. The molecule has 1 amide bonds. The van der Waals surface area contributed by atoms with Gasteiger partial charge >= 0.3 is 5.97 Å². The summed E-state index contributed by atoms with van der Waals surface area (Å²) in [5, 5.41) is 7.70. The number of nitrogens with zero attached hydrogens (tertiary/aromatic N) is 3. The van der Waals surface area contributed by atoms with E-state index in [0.717, 1.165) is 17.7 Å². The molecule has 2 aromatic heterocycles. The molecule has 0 bridgehead atoms. The van der Waals surface area contributed by atoms with Gasteiger partial charge in [0.1, 0.15) is 0 Å². The maximum Gasteiger partial charge on any atom is 0.338 e. The van der Waals surface area contributed by atoms with Gasteiger partial charge in [0.2, 0.25) is 11.7 Å². The van der Waals surface area contributed by atoms with Crippen LogP contribution in [0, 0.1) is 0 Å². The summed E-state index contributed by atoms with van der Waals surface area (Å²) in [6.45, 7) is 0.620. The quantitative estimate of drug-likeness (QED) is 0.642. The average Bonchev–Trinajstić information content (AvgIpc) is 3.41. The molecule has 1 aromatic carbocycles. The van der Waals surface area contributed by atoms with E-state index >= 15 is 0 Å². The van der Waals surface area contributed by atoms with Crippen LogP contribution >= 0.6 is 11.3 Å². The zero-order valence-electron chi connectivity index (χ0n) is 13.8. The summed E-state index contributed by atoms with van der Waals surface area (Å²) in [7, 11) is 0. The molecular weight excluding hydrogens is 354 g/mol. The molecule has 0 unspecified atom stereocenters. The zero-order valence-corrected chi connectivity index (χ0v) is 14.6. The lowest BCUT2D eigenvalue weighted by molar-refractivity contribution is -0.117. The van der Waals surface area contributed by atoms with Gasteiger partial charge in [-0.2, -0.15) is 16.3 Å². The second kappa shape index (κ2) is 7.09. The Morgan fingerprint density at radius 1 is 1.27 bits per heavy atom. The van der Waals surface area contributed by atoms with Gasteiger partial charge in [-0.25, -0.2) is 4.79 Å². The Kier molecular flexibility index (Phi) is 4.49. The fraction of sp³-hybridized carbons (Fsp3) is 0.222. The highest BCUT2D eigenvalue weighted by molar-refractivity contribution is 7.08. The first-order chi connectivity index (χ1) is 12.7. The summed E-state index contributed by atoms with van der Waals surface area (Å²) >= 11 is 1.54. The minimum atomic E-state index is -0.486. The van der Waals surface area contributed by atoms with Crippen LogP contribution in [0.5, 0.6) is 0 Å². The van der Waals surface area contributed by atoms with Gasteiger partial charge in [-0.15, -0.1) is 0 Å². The second-order valence-electron chi connectivity index (χ2n) is 5.80. The lowest BCUT2D eigenvalue weighted by Crippen LogP contribution is -2.23. The number of carbonyl (C=O) groups is 2. The number of benzene rings is 1. The molecule has 1 fully saturated rings. The molecule has 26 heavy (non-hydrogen) atoms. The van der Waals surface area contributed by atoms with Crippen molar-refractivity contribution < 1.29 is 18.8 Å². The van der Waals surface area contributed by atoms with Crippen LogP contribution in [0.2, 0.25) is 0 Å². The van der Waals surface area contributed by atoms with E-state index in [2.05, 4.69) is 10.1 Å². The van der Waals surface area contributed by atoms with Crippen LogP contribution in [0.3, 0.4) is 0 Å². The lowest BCUT2D eigenvalue weighted by atomic mass is 10.2. The summed E-state index contributed by atoms with van der Waals surface area (Å²) in [5.74, 6) is 0.327. The van der Waals surface area contributed by atoms with E-state index in [9.17, 15) is 9.59 Å². The first-order valence-electron chi connectivity index (χ1n) is 8.13. The summed E-state index contributed by atoms with van der Waals surface area (Å²) in [5.41, 5.74) is 2.06. The summed E-state index contributed by atoms with van der Waals surface area (Å²) in [4.78, 5) is 29.8. The predicted octanol–water partition coefficient (Wildman–Crippen LogP) is 3.28. The van der Waals surface area contributed by atoms with Gasteiger partial charge in [-0.05, 0) is 42.1 Å². The minimum absolute atomic E-state index is 0.0949. The zero-order chi connectivity index (χ0) is 17.9. The number of anilines is 1.